The minimum Gasteiger partial charge on any atom is -0.329 e. The van der Waals surface area contributed by atoms with E-state index in [0.717, 1.165) is 23.0 Å². The second-order valence-corrected chi connectivity index (χ2v) is 6.23. The van der Waals surface area contributed by atoms with Gasteiger partial charge >= 0.3 is 12.2 Å². The van der Waals surface area contributed by atoms with Crippen molar-refractivity contribution in [3.05, 3.63) is 35.7 Å². The van der Waals surface area contributed by atoms with Crippen molar-refractivity contribution in [3.63, 3.8) is 0 Å². The van der Waals surface area contributed by atoms with E-state index in [9.17, 15) is 22.8 Å². The molecule has 0 spiro atoms. The third-order valence-electron chi connectivity index (χ3n) is 3.19. The first-order chi connectivity index (χ1) is 12.2. The summed E-state index contributed by atoms with van der Waals surface area (Å²) in [6.07, 6.45) is -4.55. The van der Waals surface area contributed by atoms with Crippen LogP contribution in [0.15, 0.2) is 29.4 Å². The van der Waals surface area contributed by atoms with Gasteiger partial charge in [-0.05, 0) is 25.5 Å². The van der Waals surface area contributed by atoms with Crippen molar-refractivity contribution in [2.24, 2.45) is 0 Å². The Kier molecular flexibility index (Phi) is 6.24. The number of amides is 3. The van der Waals surface area contributed by atoms with E-state index in [1.165, 1.54) is 0 Å². The summed E-state index contributed by atoms with van der Waals surface area (Å²) in [7, 11) is 0. The zero-order chi connectivity index (χ0) is 19.3. The van der Waals surface area contributed by atoms with Gasteiger partial charge in [0.1, 0.15) is 12.4 Å². The third-order valence-corrected chi connectivity index (χ3v) is 4.12. The van der Waals surface area contributed by atoms with Gasteiger partial charge in [0, 0.05) is 0 Å². The fourth-order valence-electron chi connectivity index (χ4n) is 2.05. The lowest BCUT2D eigenvalue weighted by atomic mass is 10.2. The number of hydrogen-bond acceptors (Lipinski definition) is 5. The largest absolute Gasteiger partial charge is 0.405 e. The van der Waals surface area contributed by atoms with Crippen LogP contribution in [-0.4, -0.2) is 45.2 Å². The quantitative estimate of drug-likeness (QED) is 0.769. The maximum absolute atomic E-state index is 12.0. The van der Waals surface area contributed by atoms with Crippen molar-refractivity contribution in [1.82, 2.24) is 25.4 Å². The monoisotopic (exact) mass is 387 g/mol. The maximum Gasteiger partial charge on any atom is 0.405 e. The summed E-state index contributed by atoms with van der Waals surface area (Å²) in [6.45, 7) is 2.16. The number of carbonyl (C=O) groups excluding carboxylic acids is 2. The molecule has 0 aliphatic rings. The van der Waals surface area contributed by atoms with E-state index in [1.54, 1.807) is 16.8 Å². The SMILES string of the molecule is Cc1ccccc1-n1c(C)nnc1SCC(=O)NC(=O)NCC(F)(F)F. The van der Waals surface area contributed by atoms with Crippen LogP contribution in [0.5, 0.6) is 0 Å². The maximum atomic E-state index is 12.0. The van der Waals surface area contributed by atoms with Crippen LogP contribution in [0.2, 0.25) is 0 Å². The van der Waals surface area contributed by atoms with Gasteiger partial charge in [0.05, 0.1) is 11.4 Å². The summed E-state index contributed by atoms with van der Waals surface area (Å²) < 4.78 is 37.8. The summed E-state index contributed by atoms with van der Waals surface area (Å²) in [5.74, 6) is -0.333. The van der Waals surface area contributed by atoms with Crippen LogP contribution in [0.4, 0.5) is 18.0 Å². The van der Waals surface area contributed by atoms with E-state index in [0.29, 0.717) is 11.0 Å². The minimum absolute atomic E-state index is 0.205. The molecule has 1 aromatic heterocycles. The van der Waals surface area contributed by atoms with E-state index in [1.807, 2.05) is 36.5 Å². The summed E-state index contributed by atoms with van der Waals surface area (Å²) in [5, 5.41) is 11.8. The van der Waals surface area contributed by atoms with Crippen LogP contribution in [0.3, 0.4) is 0 Å². The molecule has 0 saturated carbocycles. The Morgan fingerprint density at radius 2 is 1.88 bits per heavy atom. The number of para-hydroxylation sites is 1. The van der Waals surface area contributed by atoms with Crippen molar-refractivity contribution in [1.29, 1.82) is 0 Å². The molecule has 1 heterocycles. The number of benzene rings is 1. The van der Waals surface area contributed by atoms with E-state index < -0.39 is 24.7 Å². The van der Waals surface area contributed by atoms with Gasteiger partial charge in [-0.25, -0.2) is 4.79 Å². The molecule has 2 N–H and O–H groups in total. The molecule has 2 aromatic rings. The lowest BCUT2D eigenvalue weighted by Gasteiger charge is -2.11. The van der Waals surface area contributed by atoms with Crippen LogP contribution in [0.25, 0.3) is 5.69 Å². The topological polar surface area (TPSA) is 88.9 Å². The molecular formula is C15H16F3N5O2S. The van der Waals surface area contributed by atoms with Crippen LogP contribution in [-0.2, 0) is 4.79 Å². The predicted octanol–water partition coefficient (Wildman–Crippen LogP) is 2.36. The first kappa shape index (κ1) is 19.8. The molecule has 26 heavy (non-hydrogen) atoms. The van der Waals surface area contributed by atoms with Gasteiger partial charge in [-0.3, -0.25) is 14.7 Å². The lowest BCUT2D eigenvalue weighted by molar-refractivity contribution is -0.124. The normalized spacial score (nSPS) is 11.3. The Hall–Kier alpha value is -2.56. The number of urea groups is 1. The molecule has 0 saturated heterocycles. The molecule has 0 radical (unpaired) electrons. The Morgan fingerprint density at radius 1 is 1.19 bits per heavy atom. The number of thioether (sulfide) groups is 1. The Labute approximate surface area is 151 Å². The molecule has 2 rings (SSSR count). The first-order valence-electron chi connectivity index (χ1n) is 7.42. The highest BCUT2D eigenvalue weighted by Gasteiger charge is 2.28. The standard InChI is InChI=1S/C15H16F3N5O2S/c1-9-5-3-4-6-11(9)23-10(2)21-22-14(23)26-7-12(24)20-13(25)19-8-15(16,17)18/h3-6H,7-8H2,1-2H3,(H2,19,20,24,25). The number of nitrogens with one attached hydrogen (secondary N) is 2. The highest BCUT2D eigenvalue weighted by molar-refractivity contribution is 7.99. The molecular weight excluding hydrogens is 371 g/mol. The van der Waals surface area contributed by atoms with E-state index in [-0.39, 0.29) is 5.75 Å². The number of nitrogens with zero attached hydrogens (tertiary/aromatic N) is 3. The highest BCUT2D eigenvalue weighted by Crippen LogP contribution is 2.23. The molecule has 0 unspecified atom stereocenters. The van der Waals surface area contributed by atoms with Gasteiger partial charge in [-0.15, -0.1) is 10.2 Å². The number of carbonyl (C=O) groups is 2. The van der Waals surface area contributed by atoms with Crippen molar-refractivity contribution in [2.45, 2.75) is 25.2 Å². The summed E-state index contributed by atoms with van der Waals surface area (Å²) in [6, 6.07) is 6.33. The number of alkyl halides is 3. The first-order valence-corrected chi connectivity index (χ1v) is 8.41. The second-order valence-electron chi connectivity index (χ2n) is 5.29. The molecule has 0 aliphatic heterocycles. The number of hydrogen-bond donors (Lipinski definition) is 2. The van der Waals surface area contributed by atoms with Crippen molar-refractivity contribution in [3.8, 4) is 5.69 Å². The molecule has 1 aromatic carbocycles. The number of aryl methyl sites for hydroxylation is 2. The number of rotatable bonds is 5. The number of halogens is 3. The zero-order valence-electron chi connectivity index (χ0n) is 13.9. The van der Waals surface area contributed by atoms with Gasteiger partial charge in [0.2, 0.25) is 5.91 Å². The fraction of sp³-hybridized carbons (Fsp3) is 0.333. The summed E-state index contributed by atoms with van der Waals surface area (Å²) in [5.41, 5.74) is 1.83. The average Bonchev–Trinajstić information content (AvgIpc) is 2.92. The van der Waals surface area contributed by atoms with E-state index in [2.05, 4.69) is 10.2 Å². The zero-order valence-corrected chi connectivity index (χ0v) is 14.7. The summed E-state index contributed by atoms with van der Waals surface area (Å²) >= 11 is 1.02. The van der Waals surface area contributed by atoms with Crippen LogP contribution >= 0.6 is 11.8 Å². The van der Waals surface area contributed by atoms with Crippen LogP contribution in [0, 0.1) is 13.8 Å². The number of imide groups is 1. The van der Waals surface area contributed by atoms with Gasteiger partial charge < -0.3 is 5.32 Å². The predicted molar refractivity (Wildman–Crippen MR) is 89.2 cm³/mol. The average molecular weight is 387 g/mol. The van der Waals surface area contributed by atoms with E-state index >= 15 is 0 Å². The molecule has 11 heteroatoms. The summed E-state index contributed by atoms with van der Waals surface area (Å²) in [4.78, 5) is 23.0. The smallest absolute Gasteiger partial charge is 0.329 e. The molecule has 0 fully saturated rings. The number of aromatic nitrogens is 3. The molecule has 0 aliphatic carbocycles. The minimum atomic E-state index is -4.55. The van der Waals surface area contributed by atoms with Crippen molar-refractivity contribution < 1.29 is 22.8 Å². The van der Waals surface area contributed by atoms with Gasteiger partial charge in [0.25, 0.3) is 0 Å². The lowest BCUT2D eigenvalue weighted by Crippen LogP contribution is -2.43. The molecule has 140 valence electrons. The Balaban J connectivity index is 1.97. The third kappa shape index (κ3) is 5.48. The van der Waals surface area contributed by atoms with Gasteiger partial charge in [0.15, 0.2) is 5.16 Å². The van der Waals surface area contributed by atoms with Crippen LogP contribution < -0.4 is 10.6 Å². The van der Waals surface area contributed by atoms with Crippen molar-refractivity contribution >= 4 is 23.7 Å². The fourth-order valence-corrected chi connectivity index (χ4v) is 2.84. The van der Waals surface area contributed by atoms with Crippen LogP contribution in [0.1, 0.15) is 11.4 Å². The molecule has 0 bridgehead atoms. The highest BCUT2D eigenvalue weighted by atomic mass is 32.2. The van der Waals surface area contributed by atoms with Gasteiger partial charge in [-0.1, -0.05) is 30.0 Å². The van der Waals surface area contributed by atoms with Crippen molar-refractivity contribution in [2.75, 3.05) is 12.3 Å². The second kappa shape index (κ2) is 8.21. The van der Waals surface area contributed by atoms with Gasteiger partial charge in [-0.2, -0.15) is 13.2 Å². The molecule has 7 nitrogen and oxygen atoms in total. The van der Waals surface area contributed by atoms with E-state index in [4.69, 9.17) is 0 Å². The Morgan fingerprint density at radius 3 is 2.54 bits per heavy atom. The molecule has 0 atom stereocenters. The Bertz CT molecular complexity index is 807. The molecule has 3 amide bonds.